The fourth-order valence-electron chi connectivity index (χ4n) is 6.20. The number of halogens is 1. The van der Waals surface area contributed by atoms with Crippen molar-refractivity contribution in [1.29, 1.82) is 0 Å². The lowest BCUT2D eigenvalue weighted by Crippen LogP contribution is -2.61. The van der Waals surface area contributed by atoms with Crippen molar-refractivity contribution in [3.8, 4) is 0 Å². The number of carbonyl (C=O) groups is 6. The van der Waals surface area contributed by atoms with Crippen LogP contribution in [0.5, 0.6) is 0 Å². The van der Waals surface area contributed by atoms with Crippen molar-refractivity contribution in [3.63, 3.8) is 0 Å². The number of ketones is 1. The van der Waals surface area contributed by atoms with Crippen LogP contribution in [0.3, 0.4) is 0 Å². The number of carbonyl (C=O) groups excluding carboxylic acids is 6. The summed E-state index contributed by atoms with van der Waals surface area (Å²) in [6.07, 6.45) is 11.8. The van der Waals surface area contributed by atoms with Crippen molar-refractivity contribution in [2.45, 2.75) is 119 Å². The molecule has 2 heterocycles. The number of amides is 5. The van der Waals surface area contributed by atoms with E-state index in [9.17, 15) is 28.8 Å². The van der Waals surface area contributed by atoms with Crippen LogP contribution in [0.2, 0.25) is 0 Å². The van der Waals surface area contributed by atoms with Gasteiger partial charge in [0, 0.05) is 28.9 Å². The van der Waals surface area contributed by atoms with Gasteiger partial charge in [0.25, 0.3) is 11.8 Å². The molecule has 1 aliphatic heterocycles. The molecule has 1 aromatic heterocycles. The summed E-state index contributed by atoms with van der Waals surface area (Å²) in [5.74, 6) is -3.70. The molecule has 13 nitrogen and oxygen atoms in total. The Hall–Kier alpha value is -3.17. The first-order valence-electron chi connectivity index (χ1n) is 16.5. The Balaban J connectivity index is 1.48. The highest BCUT2D eigenvalue weighted by Crippen LogP contribution is 2.29. The third-order valence-electron chi connectivity index (χ3n) is 8.94. The van der Waals surface area contributed by atoms with Gasteiger partial charge < -0.3 is 26.2 Å². The number of nitrogens with one attached hydrogen (secondary N) is 4. The van der Waals surface area contributed by atoms with Crippen LogP contribution < -0.4 is 21.3 Å². The molecule has 0 bridgehead atoms. The van der Waals surface area contributed by atoms with Crippen LogP contribution in [0.25, 0.3) is 0 Å². The predicted octanol–water partition coefficient (Wildman–Crippen LogP) is 1.83. The van der Waals surface area contributed by atoms with Gasteiger partial charge >= 0.3 is 0 Å². The molecular formula is C32H46IN7O6. The zero-order valence-electron chi connectivity index (χ0n) is 26.8. The molecule has 1 saturated heterocycles. The molecular weight excluding hydrogens is 705 g/mol. The summed E-state index contributed by atoms with van der Waals surface area (Å²) in [7, 11) is 0. The molecule has 14 heteroatoms. The minimum atomic E-state index is -0.993. The van der Waals surface area contributed by atoms with Gasteiger partial charge in [-0.05, 0) is 50.4 Å². The Morgan fingerprint density at radius 1 is 0.957 bits per heavy atom. The number of aromatic nitrogens is 2. The first-order chi connectivity index (χ1) is 22.0. The SMILES string of the molecule is CCCC(NC(=O)[C@@H]1[C@@H](I)CCN1C(=O)[C@@H](NC(=O)[C@@H](NC(=O)c1cnccn1)C1CCCCC1)C(C)C)C(=O)C(=O)NC1CC1. The maximum Gasteiger partial charge on any atom is 0.289 e. The number of hydrogen-bond acceptors (Lipinski definition) is 8. The number of Topliss-reactive ketones (excluding diaryl/α,β-unsaturated/α-hetero) is 1. The Morgan fingerprint density at radius 3 is 2.28 bits per heavy atom. The van der Waals surface area contributed by atoms with Crippen molar-refractivity contribution in [2.75, 3.05) is 6.54 Å². The van der Waals surface area contributed by atoms with E-state index in [1.807, 2.05) is 20.8 Å². The normalized spacial score (nSPS) is 22.0. The smallest absolute Gasteiger partial charge is 0.289 e. The van der Waals surface area contributed by atoms with Crippen molar-refractivity contribution >= 4 is 57.9 Å². The highest BCUT2D eigenvalue weighted by atomic mass is 127. The predicted molar refractivity (Wildman–Crippen MR) is 178 cm³/mol. The van der Waals surface area contributed by atoms with E-state index in [-0.39, 0.29) is 27.5 Å². The number of nitrogens with zero attached hydrogens (tertiary/aromatic N) is 3. The van der Waals surface area contributed by atoms with Crippen LogP contribution in [0, 0.1) is 11.8 Å². The van der Waals surface area contributed by atoms with E-state index in [0.29, 0.717) is 25.8 Å². The van der Waals surface area contributed by atoms with Crippen LogP contribution in [0.15, 0.2) is 18.6 Å². The molecule has 46 heavy (non-hydrogen) atoms. The molecule has 2 saturated carbocycles. The molecule has 2 aliphatic carbocycles. The molecule has 0 spiro atoms. The van der Waals surface area contributed by atoms with Crippen molar-refractivity contribution in [3.05, 3.63) is 24.3 Å². The second-order valence-electron chi connectivity index (χ2n) is 12.9. The molecule has 5 atom stereocenters. The molecule has 1 aromatic rings. The zero-order valence-corrected chi connectivity index (χ0v) is 29.0. The summed E-state index contributed by atoms with van der Waals surface area (Å²) >= 11 is 2.14. The number of rotatable bonds is 14. The lowest BCUT2D eigenvalue weighted by Gasteiger charge is -2.34. The highest BCUT2D eigenvalue weighted by molar-refractivity contribution is 14.1. The van der Waals surface area contributed by atoms with Gasteiger partial charge in [0.15, 0.2) is 0 Å². The van der Waals surface area contributed by atoms with E-state index in [1.54, 1.807) is 0 Å². The standard InChI is InChI=1S/C32H46IN7O6/c1-4-8-22(27(41)31(45)36-20-11-12-20)37-30(44)26-21(33)13-16-40(26)32(46)24(18(2)3)38-29(43)25(19-9-6-5-7-10-19)39-28(42)23-17-34-14-15-35-23/h14-15,17-22,24-26H,4-13,16H2,1-3H3,(H,36,45)(H,37,44)(H,38,43)(H,39,42)/t21-,22?,24-,25-,26-/m0/s1. The summed E-state index contributed by atoms with van der Waals surface area (Å²) in [4.78, 5) is 89.6. The van der Waals surface area contributed by atoms with E-state index in [4.69, 9.17) is 0 Å². The van der Waals surface area contributed by atoms with Crippen LogP contribution in [0.4, 0.5) is 0 Å². The van der Waals surface area contributed by atoms with Gasteiger partial charge in [-0.2, -0.15) is 0 Å². The van der Waals surface area contributed by atoms with Crippen molar-refractivity contribution < 1.29 is 28.8 Å². The summed E-state index contributed by atoms with van der Waals surface area (Å²) in [5, 5.41) is 11.2. The zero-order chi connectivity index (χ0) is 33.4. The van der Waals surface area contributed by atoms with Gasteiger partial charge in [0.05, 0.1) is 12.2 Å². The second-order valence-corrected chi connectivity index (χ2v) is 14.5. The monoisotopic (exact) mass is 751 g/mol. The van der Waals surface area contributed by atoms with Crippen LogP contribution >= 0.6 is 22.6 Å². The maximum atomic E-state index is 14.1. The molecule has 0 radical (unpaired) electrons. The van der Waals surface area contributed by atoms with E-state index in [1.165, 1.54) is 23.5 Å². The van der Waals surface area contributed by atoms with E-state index < -0.39 is 59.5 Å². The molecule has 252 valence electrons. The van der Waals surface area contributed by atoms with Crippen LogP contribution in [-0.4, -0.2) is 90.9 Å². The fraction of sp³-hybridized carbons (Fsp3) is 0.688. The quantitative estimate of drug-likeness (QED) is 0.126. The van der Waals surface area contributed by atoms with Gasteiger partial charge in [-0.15, -0.1) is 0 Å². The summed E-state index contributed by atoms with van der Waals surface area (Å²) < 4.78 is -0.232. The third-order valence-corrected chi connectivity index (χ3v) is 10.2. The summed E-state index contributed by atoms with van der Waals surface area (Å²) in [5.41, 5.74) is 0.0940. The largest absolute Gasteiger partial charge is 0.347 e. The summed E-state index contributed by atoms with van der Waals surface area (Å²) in [6.45, 7) is 5.80. The molecule has 3 fully saturated rings. The number of hydrogen-bond donors (Lipinski definition) is 4. The van der Waals surface area contributed by atoms with Crippen molar-refractivity contribution in [1.82, 2.24) is 36.1 Å². The van der Waals surface area contributed by atoms with E-state index in [0.717, 1.165) is 44.9 Å². The Bertz CT molecular complexity index is 1270. The first-order valence-corrected chi connectivity index (χ1v) is 17.7. The lowest BCUT2D eigenvalue weighted by molar-refractivity contribution is -0.144. The Kier molecular flexibility index (Phi) is 12.9. The third kappa shape index (κ3) is 9.22. The fourth-order valence-corrected chi connectivity index (χ4v) is 7.19. The minimum absolute atomic E-state index is 0.0114. The first kappa shape index (κ1) is 35.7. The van der Waals surface area contributed by atoms with Gasteiger partial charge in [-0.1, -0.05) is 69.0 Å². The summed E-state index contributed by atoms with van der Waals surface area (Å²) in [6, 6.07) is -3.69. The maximum absolute atomic E-state index is 14.1. The van der Waals surface area contributed by atoms with Crippen LogP contribution in [0.1, 0.15) is 95.5 Å². The minimum Gasteiger partial charge on any atom is -0.347 e. The van der Waals surface area contributed by atoms with E-state index in [2.05, 4.69) is 53.8 Å². The van der Waals surface area contributed by atoms with Gasteiger partial charge in [0.2, 0.25) is 23.5 Å². The average Bonchev–Trinajstić information content (AvgIpc) is 3.78. The second kappa shape index (κ2) is 16.6. The molecule has 3 aliphatic rings. The van der Waals surface area contributed by atoms with Gasteiger partial charge in [-0.3, -0.25) is 33.8 Å². The van der Waals surface area contributed by atoms with Gasteiger partial charge in [-0.25, -0.2) is 4.98 Å². The van der Waals surface area contributed by atoms with Crippen molar-refractivity contribution in [2.24, 2.45) is 11.8 Å². The van der Waals surface area contributed by atoms with E-state index >= 15 is 0 Å². The highest BCUT2D eigenvalue weighted by Gasteiger charge is 2.45. The average molecular weight is 752 g/mol. The molecule has 4 N–H and O–H groups in total. The number of alkyl halides is 1. The molecule has 1 unspecified atom stereocenters. The molecule has 5 amide bonds. The lowest BCUT2D eigenvalue weighted by atomic mass is 9.83. The molecule has 0 aromatic carbocycles. The topological polar surface area (TPSA) is 180 Å². The van der Waals surface area contributed by atoms with Gasteiger partial charge in [0.1, 0.15) is 23.8 Å². The van der Waals surface area contributed by atoms with Crippen LogP contribution in [-0.2, 0) is 24.0 Å². The molecule has 4 rings (SSSR count). The Morgan fingerprint density at radius 2 is 1.67 bits per heavy atom. The Labute approximate surface area is 283 Å². The number of likely N-dealkylation sites (tertiary alicyclic amines) is 1.